The standard InChI is InChI=1S/C18H27N3O3S/c1-5-21(15-10-20(11-15)17(23)24-18(2,3)4)16(22)13-25-12-14-7-6-8-19-9-14/h6-9,15H,5,10-13H2,1-4H3. The van der Waals surface area contributed by atoms with Crippen LogP contribution in [0.15, 0.2) is 24.5 Å². The van der Waals surface area contributed by atoms with E-state index in [1.165, 1.54) is 0 Å². The maximum atomic E-state index is 12.5. The Kier molecular flexibility index (Phi) is 6.70. The molecule has 1 saturated heterocycles. The van der Waals surface area contributed by atoms with Crippen molar-refractivity contribution < 1.29 is 14.3 Å². The lowest BCUT2D eigenvalue weighted by molar-refractivity contribution is -0.133. The van der Waals surface area contributed by atoms with Crippen LogP contribution in [0.2, 0.25) is 0 Å². The normalized spacial score (nSPS) is 14.8. The fraction of sp³-hybridized carbons (Fsp3) is 0.611. The first-order valence-corrected chi connectivity index (χ1v) is 9.69. The minimum Gasteiger partial charge on any atom is -0.444 e. The average molecular weight is 365 g/mol. The summed E-state index contributed by atoms with van der Waals surface area (Å²) in [7, 11) is 0. The van der Waals surface area contributed by atoms with Crippen molar-refractivity contribution in [3.05, 3.63) is 30.1 Å². The summed E-state index contributed by atoms with van der Waals surface area (Å²) in [5, 5.41) is 0. The van der Waals surface area contributed by atoms with Gasteiger partial charge in [-0.05, 0) is 39.3 Å². The third-order valence-electron chi connectivity index (χ3n) is 3.83. The fourth-order valence-corrected chi connectivity index (χ4v) is 3.44. The van der Waals surface area contributed by atoms with Crippen LogP contribution in [-0.4, -0.2) is 63.8 Å². The third-order valence-corrected chi connectivity index (χ3v) is 4.82. The molecule has 0 radical (unpaired) electrons. The lowest BCUT2D eigenvalue weighted by atomic mass is 10.1. The molecule has 2 heterocycles. The fourth-order valence-electron chi connectivity index (χ4n) is 2.59. The van der Waals surface area contributed by atoms with E-state index in [1.807, 2.05) is 50.9 Å². The van der Waals surface area contributed by atoms with Crippen molar-refractivity contribution >= 4 is 23.8 Å². The van der Waals surface area contributed by atoms with Crippen LogP contribution in [0, 0.1) is 0 Å². The highest BCUT2D eigenvalue weighted by Gasteiger charge is 2.38. The van der Waals surface area contributed by atoms with Crippen LogP contribution >= 0.6 is 11.8 Å². The van der Waals surface area contributed by atoms with E-state index in [0.717, 1.165) is 11.3 Å². The molecule has 7 heteroatoms. The monoisotopic (exact) mass is 365 g/mol. The Labute approximate surface area is 153 Å². The second-order valence-corrected chi connectivity index (χ2v) is 8.06. The number of aromatic nitrogens is 1. The lowest BCUT2D eigenvalue weighted by Crippen LogP contribution is -2.63. The number of amides is 2. The van der Waals surface area contributed by atoms with E-state index in [9.17, 15) is 9.59 Å². The van der Waals surface area contributed by atoms with E-state index in [2.05, 4.69) is 4.98 Å². The molecule has 0 aromatic carbocycles. The van der Waals surface area contributed by atoms with E-state index in [-0.39, 0.29) is 18.0 Å². The molecular weight excluding hydrogens is 338 g/mol. The highest BCUT2D eigenvalue weighted by atomic mass is 32.2. The summed E-state index contributed by atoms with van der Waals surface area (Å²) >= 11 is 1.59. The zero-order valence-corrected chi connectivity index (χ0v) is 16.2. The van der Waals surface area contributed by atoms with Gasteiger partial charge in [0.2, 0.25) is 5.91 Å². The van der Waals surface area contributed by atoms with E-state index < -0.39 is 5.60 Å². The number of hydrogen-bond acceptors (Lipinski definition) is 5. The molecule has 138 valence electrons. The molecule has 1 aromatic rings. The van der Waals surface area contributed by atoms with E-state index >= 15 is 0 Å². The van der Waals surface area contributed by atoms with Crippen LogP contribution in [-0.2, 0) is 15.3 Å². The predicted molar refractivity (Wildman–Crippen MR) is 99.4 cm³/mol. The van der Waals surface area contributed by atoms with Crippen LogP contribution in [0.25, 0.3) is 0 Å². The number of carbonyl (C=O) groups is 2. The van der Waals surface area contributed by atoms with Gasteiger partial charge in [-0.25, -0.2) is 4.79 Å². The molecule has 0 aliphatic carbocycles. The summed E-state index contributed by atoms with van der Waals surface area (Å²) in [5.41, 5.74) is 0.619. The molecule has 0 spiro atoms. The highest BCUT2D eigenvalue weighted by molar-refractivity contribution is 7.99. The van der Waals surface area contributed by atoms with Crippen LogP contribution in [0.1, 0.15) is 33.3 Å². The van der Waals surface area contributed by atoms with Gasteiger partial charge in [0.25, 0.3) is 0 Å². The second-order valence-electron chi connectivity index (χ2n) is 7.07. The van der Waals surface area contributed by atoms with Crippen molar-refractivity contribution in [2.45, 2.75) is 45.1 Å². The van der Waals surface area contributed by atoms with Gasteiger partial charge in [0, 0.05) is 37.8 Å². The molecule has 1 aliphatic heterocycles. The maximum Gasteiger partial charge on any atom is 0.410 e. The summed E-state index contributed by atoms with van der Waals surface area (Å²) in [4.78, 5) is 32.0. The van der Waals surface area contributed by atoms with Crippen LogP contribution in [0.4, 0.5) is 4.79 Å². The Bertz CT molecular complexity index is 583. The Morgan fingerprint density at radius 2 is 2.12 bits per heavy atom. The SMILES string of the molecule is CCN(C(=O)CSCc1cccnc1)C1CN(C(=O)OC(C)(C)C)C1. The van der Waals surface area contributed by atoms with Crippen molar-refractivity contribution in [3.63, 3.8) is 0 Å². The van der Waals surface area contributed by atoms with E-state index in [1.54, 1.807) is 22.9 Å². The summed E-state index contributed by atoms with van der Waals surface area (Å²) in [6, 6.07) is 3.99. The Balaban J connectivity index is 1.75. The topological polar surface area (TPSA) is 62.7 Å². The number of rotatable bonds is 6. The third kappa shape index (κ3) is 5.92. The van der Waals surface area contributed by atoms with E-state index in [0.29, 0.717) is 25.4 Å². The first kappa shape index (κ1) is 19.6. The number of nitrogens with zero attached hydrogens (tertiary/aromatic N) is 3. The molecule has 2 amide bonds. The van der Waals surface area contributed by atoms with Gasteiger partial charge in [-0.2, -0.15) is 0 Å². The van der Waals surface area contributed by atoms with Crippen molar-refractivity contribution in [2.75, 3.05) is 25.4 Å². The molecule has 1 aliphatic rings. The number of likely N-dealkylation sites (N-methyl/N-ethyl adjacent to an activating group) is 1. The quantitative estimate of drug-likeness (QED) is 0.776. The van der Waals surface area contributed by atoms with Gasteiger partial charge in [0.05, 0.1) is 11.8 Å². The number of hydrogen-bond donors (Lipinski definition) is 0. The first-order chi connectivity index (χ1) is 11.8. The van der Waals surface area contributed by atoms with Gasteiger partial charge in [-0.3, -0.25) is 9.78 Å². The molecule has 0 atom stereocenters. The molecule has 2 rings (SSSR count). The van der Waals surface area contributed by atoms with Crippen molar-refractivity contribution in [3.8, 4) is 0 Å². The first-order valence-electron chi connectivity index (χ1n) is 8.54. The largest absolute Gasteiger partial charge is 0.444 e. The Morgan fingerprint density at radius 3 is 2.68 bits per heavy atom. The molecule has 0 saturated carbocycles. The van der Waals surface area contributed by atoms with Crippen LogP contribution in [0.5, 0.6) is 0 Å². The zero-order valence-electron chi connectivity index (χ0n) is 15.4. The van der Waals surface area contributed by atoms with E-state index in [4.69, 9.17) is 4.74 Å². The van der Waals surface area contributed by atoms with Crippen LogP contribution in [0.3, 0.4) is 0 Å². The maximum absolute atomic E-state index is 12.5. The van der Waals surface area contributed by atoms with Gasteiger partial charge >= 0.3 is 6.09 Å². The number of pyridine rings is 1. The van der Waals surface area contributed by atoms with Gasteiger partial charge in [-0.15, -0.1) is 11.8 Å². The average Bonchev–Trinajstić information content (AvgIpc) is 2.49. The molecular formula is C18H27N3O3S. The number of likely N-dealkylation sites (tertiary alicyclic amines) is 1. The minimum atomic E-state index is -0.495. The summed E-state index contributed by atoms with van der Waals surface area (Å²) in [6.45, 7) is 9.26. The smallest absolute Gasteiger partial charge is 0.410 e. The highest BCUT2D eigenvalue weighted by Crippen LogP contribution is 2.20. The second kappa shape index (κ2) is 8.56. The van der Waals surface area contributed by atoms with Gasteiger partial charge in [0.15, 0.2) is 0 Å². The molecule has 1 fully saturated rings. The van der Waals surface area contributed by atoms with Crippen molar-refractivity contribution in [1.82, 2.24) is 14.8 Å². The predicted octanol–water partition coefficient (Wildman–Crippen LogP) is 2.78. The summed E-state index contributed by atoms with van der Waals surface area (Å²) < 4.78 is 5.35. The molecule has 6 nitrogen and oxygen atoms in total. The lowest BCUT2D eigenvalue weighted by Gasteiger charge is -2.45. The van der Waals surface area contributed by atoms with Crippen molar-refractivity contribution in [2.24, 2.45) is 0 Å². The molecule has 0 N–H and O–H groups in total. The number of thioether (sulfide) groups is 1. The molecule has 1 aromatic heterocycles. The number of ether oxygens (including phenoxy) is 1. The summed E-state index contributed by atoms with van der Waals surface area (Å²) in [5.74, 6) is 1.32. The van der Waals surface area contributed by atoms with Crippen molar-refractivity contribution in [1.29, 1.82) is 0 Å². The summed E-state index contributed by atoms with van der Waals surface area (Å²) in [6.07, 6.45) is 3.25. The zero-order chi connectivity index (χ0) is 18.4. The van der Waals surface area contributed by atoms with Gasteiger partial charge in [0.1, 0.15) is 5.60 Å². The minimum absolute atomic E-state index is 0.0870. The van der Waals surface area contributed by atoms with Crippen LogP contribution < -0.4 is 0 Å². The molecule has 0 unspecified atom stereocenters. The number of carbonyl (C=O) groups excluding carboxylic acids is 2. The Hall–Kier alpha value is -1.76. The molecule has 25 heavy (non-hydrogen) atoms. The Morgan fingerprint density at radius 1 is 1.40 bits per heavy atom. The molecule has 0 bridgehead atoms. The van der Waals surface area contributed by atoms with Gasteiger partial charge in [-0.1, -0.05) is 6.07 Å². The van der Waals surface area contributed by atoms with Gasteiger partial charge < -0.3 is 14.5 Å².